The van der Waals surface area contributed by atoms with E-state index in [0.717, 1.165) is 18.4 Å². The van der Waals surface area contributed by atoms with Crippen LogP contribution in [-0.4, -0.2) is 74.9 Å². The van der Waals surface area contributed by atoms with E-state index in [1.165, 1.54) is 24.1 Å². The minimum atomic E-state index is -1.18. The molecule has 0 saturated heterocycles. The molecule has 1 aliphatic carbocycles. The van der Waals surface area contributed by atoms with Gasteiger partial charge in [0, 0.05) is 23.7 Å². The number of Topliss-reactive ketones (excluding diaryl/α,β-unsaturated/α-hetero) is 1. The lowest BCUT2D eigenvalue weighted by atomic mass is 9.86. The molecular formula is C25H21NO11. The van der Waals surface area contributed by atoms with E-state index in [2.05, 4.69) is 0 Å². The van der Waals surface area contributed by atoms with E-state index in [1.807, 2.05) is 0 Å². The van der Waals surface area contributed by atoms with Crippen LogP contribution in [0.2, 0.25) is 0 Å². The molecule has 0 amide bonds. The predicted octanol–water partition coefficient (Wildman–Crippen LogP) is 1.61. The quantitative estimate of drug-likeness (QED) is 0.227. The Labute approximate surface area is 207 Å². The maximum Gasteiger partial charge on any atom is 0.343 e. The van der Waals surface area contributed by atoms with Gasteiger partial charge in [-0.1, -0.05) is 6.08 Å². The first kappa shape index (κ1) is 25.3. The van der Waals surface area contributed by atoms with Gasteiger partial charge in [0.2, 0.25) is 5.43 Å². The fourth-order valence-corrected chi connectivity index (χ4v) is 4.01. The Hall–Kier alpha value is -4.84. The monoisotopic (exact) mass is 511 g/mol. The Morgan fingerprint density at radius 1 is 1.03 bits per heavy atom. The van der Waals surface area contributed by atoms with Gasteiger partial charge in [-0.15, -0.1) is 0 Å². The number of aromatic hydroxyl groups is 4. The number of allylic oxidation sites excluding steroid dienone is 2. The number of carbonyl (C=O) groups excluding carboxylic acids is 2. The normalized spacial score (nSPS) is 12.9. The van der Waals surface area contributed by atoms with Gasteiger partial charge in [-0.05, 0) is 31.2 Å². The zero-order valence-corrected chi connectivity index (χ0v) is 19.3. The number of likely N-dealkylation sites (N-methyl/N-ethyl adjacent to an activating group) is 1. The summed E-state index contributed by atoms with van der Waals surface area (Å²) in [7, 11) is 1.48. The number of fused-ring (bicyclic) bond motifs is 2. The topological polar surface area (TPSA) is 195 Å². The summed E-state index contributed by atoms with van der Waals surface area (Å²) in [5, 5.41) is 48.4. The van der Waals surface area contributed by atoms with Gasteiger partial charge < -0.3 is 34.7 Å². The van der Waals surface area contributed by atoms with Crippen molar-refractivity contribution in [3.8, 4) is 23.0 Å². The van der Waals surface area contributed by atoms with Crippen LogP contribution in [0, 0.1) is 0 Å². The fourth-order valence-electron chi connectivity index (χ4n) is 4.01. The van der Waals surface area contributed by atoms with Crippen LogP contribution in [0.15, 0.2) is 39.7 Å². The van der Waals surface area contributed by atoms with Crippen molar-refractivity contribution in [1.82, 2.24) is 4.90 Å². The Balaban J connectivity index is 1.74. The number of phenolic OH excluding ortho intramolecular Hbond substituents is 4. The van der Waals surface area contributed by atoms with Crippen molar-refractivity contribution in [2.75, 3.05) is 26.7 Å². The number of hydrogen-bond donors (Lipinski definition) is 5. The molecule has 1 aliphatic rings. The highest BCUT2D eigenvalue weighted by Crippen LogP contribution is 2.37. The highest BCUT2D eigenvalue weighted by molar-refractivity contribution is 6.30. The Bertz CT molecular complexity index is 1550. The lowest BCUT2D eigenvalue weighted by molar-refractivity contribution is -0.138. The van der Waals surface area contributed by atoms with Gasteiger partial charge in [0.25, 0.3) is 0 Å². The number of carbonyl (C=O) groups is 3. The number of benzene rings is 2. The second-order valence-corrected chi connectivity index (χ2v) is 8.39. The third-order valence-electron chi connectivity index (χ3n) is 5.84. The Kier molecular flexibility index (Phi) is 6.60. The molecular weight excluding hydrogens is 490 g/mol. The van der Waals surface area contributed by atoms with Crippen LogP contribution in [0.5, 0.6) is 23.0 Å². The van der Waals surface area contributed by atoms with Crippen molar-refractivity contribution in [2.45, 2.75) is 6.42 Å². The van der Waals surface area contributed by atoms with E-state index in [1.54, 1.807) is 0 Å². The molecule has 3 aromatic rings. The van der Waals surface area contributed by atoms with Crippen LogP contribution in [0.25, 0.3) is 16.5 Å². The summed E-state index contributed by atoms with van der Waals surface area (Å²) in [4.78, 5) is 51.6. The number of ether oxygens (including phenoxy) is 1. The number of carboxylic acids is 1. The van der Waals surface area contributed by atoms with Crippen LogP contribution >= 0.6 is 0 Å². The van der Waals surface area contributed by atoms with E-state index in [9.17, 15) is 39.6 Å². The number of aliphatic carboxylic acids is 1. The van der Waals surface area contributed by atoms with Crippen LogP contribution in [0.3, 0.4) is 0 Å². The molecule has 37 heavy (non-hydrogen) atoms. The van der Waals surface area contributed by atoms with E-state index in [4.69, 9.17) is 14.3 Å². The predicted molar refractivity (Wildman–Crippen MR) is 127 cm³/mol. The number of carboxylic acid groups (broad SMARTS) is 1. The molecule has 2 aromatic carbocycles. The van der Waals surface area contributed by atoms with Crippen molar-refractivity contribution in [2.24, 2.45) is 0 Å². The molecule has 0 bridgehead atoms. The summed E-state index contributed by atoms with van der Waals surface area (Å²) in [6, 6.07) is 3.25. The molecule has 4 rings (SSSR count). The third kappa shape index (κ3) is 4.69. The summed E-state index contributed by atoms with van der Waals surface area (Å²) in [5.41, 5.74) is -1.65. The molecule has 1 aromatic heterocycles. The molecule has 0 atom stereocenters. The Morgan fingerprint density at radius 2 is 1.73 bits per heavy atom. The van der Waals surface area contributed by atoms with Crippen molar-refractivity contribution in [1.29, 1.82) is 0 Å². The van der Waals surface area contributed by atoms with Gasteiger partial charge in [-0.3, -0.25) is 19.3 Å². The number of nitrogens with zero attached hydrogens (tertiary/aromatic N) is 1. The maximum absolute atomic E-state index is 13.5. The molecule has 0 spiro atoms. The Morgan fingerprint density at radius 3 is 2.43 bits per heavy atom. The third-order valence-corrected chi connectivity index (χ3v) is 5.84. The maximum atomic E-state index is 13.5. The lowest BCUT2D eigenvalue weighted by Crippen LogP contribution is -2.29. The number of ketones is 1. The number of phenols is 4. The molecule has 0 radical (unpaired) electrons. The number of rotatable bonds is 7. The summed E-state index contributed by atoms with van der Waals surface area (Å²) >= 11 is 0. The standard InChI is InChI=1S/C25H21NO11/c1-26(9-19(30)31)4-5-36-25(35)21-20-18(8-17(29)24(21)34)37-10-14(23(20)33)12-3-2-11-6-15(27)16(28)7-13(11)22(12)32/h3,6-8,10,27-29,34H,2,4-5,9H2,1H3,(H,30,31). The minimum absolute atomic E-state index is 0.0264. The van der Waals surface area contributed by atoms with Crippen LogP contribution in [0.4, 0.5) is 0 Å². The summed E-state index contributed by atoms with van der Waals surface area (Å²) in [5.74, 6) is -5.51. The molecule has 5 N–H and O–H groups in total. The highest BCUT2D eigenvalue weighted by Gasteiger charge is 2.29. The van der Waals surface area contributed by atoms with Crippen molar-refractivity contribution in [3.05, 3.63) is 63.0 Å². The molecule has 1 heterocycles. The lowest BCUT2D eigenvalue weighted by Gasteiger charge is -2.17. The van der Waals surface area contributed by atoms with Crippen LogP contribution in [0.1, 0.15) is 31.8 Å². The minimum Gasteiger partial charge on any atom is -0.504 e. The molecule has 12 heteroatoms. The average Bonchev–Trinajstić information content (AvgIpc) is 2.82. The molecule has 0 aliphatic heterocycles. The van der Waals surface area contributed by atoms with Gasteiger partial charge in [0.15, 0.2) is 28.8 Å². The second kappa shape index (κ2) is 9.66. The SMILES string of the molecule is CN(CCOC(=O)c1c(O)c(O)cc2occ(C3=CCc4cc(O)c(O)cc4C3=O)c(=O)c12)CC(=O)O. The van der Waals surface area contributed by atoms with Gasteiger partial charge in [-0.25, -0.2) is 4.79 Å². The highest BCUT2D eigenvalue weighted by atomic mass is 16.5. The smallest absolute Gasteiger partial charge is 0.343 e. The van der Waals surface area contributed by atoms with Crippen LogP contribution in [-0.2, 0) is 16.0 Å². The zero-order chi connectivity index (χ0) is 27.0. The second-order valence-electron chi connectivity index (χ2n) is 8.39. The molecule has 0 unspecified atom stereocenters. The van der Waals surface area contributed by atoms with E-state index < -0.39 is 57.1 Å². The molecule has 0 fully saturated rings. The fraction of sp³-hybridized carbons (Fsp3) is 0.200. The average molecular weight is 511 g/mol. The van der Waals surface area contributed by atoms with Crippen LogP contribution < -0.4 is 5.43 Å². The van der Waals surface area contributed by atoms with Gasteiger partial charge in [-0.2, -0.15) is 0 Å². The first-order valence-electron chi connectivity index (χ1n) is 10.9. The van der Waals surface area contributed by atoms with E-state index >= 15 is 0 Å². The first-order chi connectivity index (χ1) is 17.5. The van der Waals surface area contributed by atoms with Crippen molar-refractivity contribution < 1.29 is 49.1 Å². The summed E-state index contributed by atoms with van der Waals surface area (Å²) in [6.45, 7) is -0.575. The number of esters is 1. The van der Waals surface area contributed by atoms with Gasteiger partial charge >= 0.3 is 11.9 Å². The van der Waals surface area contributed by atoms with Gasteiger partial charge in [0.05, 0.1) is 17.5 Å². The van der Waals surface area contributed by atoms with Crippen molar-refractivity contribution >= 4 is 34.3 Å². The first-order valence-corrected chi connectivity index (χ1v) is 10.9. The van der Waals surface area contributed by atoms with Crippen molar-refractivity contribution in [3.63, 3.8) is 0 Å². The van der Waals surface area contributed by atoms with E-state index in [-0.39, 0.29) is 48.4 Å². The zero-order valence-electron chi connectivity index (χ0n) is 19.3. The molecule has 12 nitrogen and oxygen atoms in total. The summed E-state index contributed by atoms with van der Waals surface area (Å²) < 4.78 is 10.5. The number of hydrogen-bond acceptors (Lipinski definition) is 11. The molecule has 192 valence electrons. The van der Waals surface area contributed by atoms with E-state index in [0.29, 0.717) is 5.56 Å². The summed E-state index contributed by atoms with van der Waals surface area (Å²) in [6.07, 6.45) is 2.54. The largest absolute Gasteiger partial charge is 0.504 e. The molecule has 0 saturated carbocycles. The van der Waals surface area contributed by atoms with Gasteiger partial charge in [0.1, 0.15) is 24.0 Å².